The normalized spacial score (nSPS) is 51.7. The molecule has 2 heterocycles. The van der Waals surface area contributed by atoms with Gasteiger partial charge in [0.05, 0.1) is 13.2 Å². The summed E-state index contributed by atoms with van der Waals surface area (Å²) in [5.74, 6) is 0. The van der Waals surface area contributed by atoms with Crippen LogP contribution in [-0.4, -0.2) is 57.1 Å². The first kappa shape index (κ1) is 8.50. The zero-order valence-electron chi connectivity index (χ0n) is 6.90. The lowest BCUT2D eigenvalue weighted by atomic mass is 9.92. The predicted octanol–water partition coefficient (Wildman–Crippen LogP) is -1.34. The van der Waals surface area contributed by atoms with Crippen molar-refractivity contribution in [1.82, 2.24) is 0 Å². The van der Waals surface area contributed by atoms with Crippen LogP contribution < -0.4 is 0 Å². The first-order valence-corrected chi connectivity index (χ1v) is 3.92. The number of hydrogen-bond acceptors (Lipinski definition) is 4. The first-order chi connectivity index (χ1) is 5.69. The van der Waals surface area contributed by atoms with Crippen LogP contribution in [0.15, 0.2) is 0 Å². The second-order valence-corrected chi connectivity index (χ2v) is 3.30. The largest absolute Gasteiger partial charge is 0.387 e. The van der Waals surface area contributed by atoms with Crippen LogP contribution in [0, 0.1) is 0 Å². The van der Waals surface area contributed by atoms with E-state index < -0.39 is 17.7 Å². The Morgan fingerprint density at radius 3 is 2.92 bits per heavy atom. The summed E-state index contributed by atoms with van der Waals surface area (Å²) in [6, 6.07) is -0.524. The molecule has 66 valence electrons. The molecule has 0 aromatic heterocycles. The van der Waals surface area contributed by atoms with Gasteiger partial charge in [0.25, 0.3) is 0 Å². The highest BCUT2D eigenvalue weighted by Gasteiger charge is 2.59. The molecule has 2 saturated heterocycles. The number of rotatable bonds is 2. The number of fused-ring (bicyclic) bond motifs is 2. The summed E-state index contributed by atoms with van der Waals surface area (Å²) in [5.41, 5.74) is -0.723. The topological polar surface area (TPSA) is 47.9 Å². The molecule has 4 atom stereocenters. The fourth-order valence-electron chi connectivity index (χ4n) is 1.83. The van der Waals surface area contributed by atoms with E-state index in [-0.39, 0.29) is 6.10 Å². The fourth-order valence-corrected chi connectivity index (χ4v) is 1.83. The number of aliphatic hydroxyl groups excluding tert-OH is 1. The Kier molecular flexibility index (Phi) is 1.91. The molecule has 4 nitrogen and oxygen atoms in total. The summed E-state index contributed by atoms with van der Waals surface area (Å²) in [4.78, 5) is 0. The molecule has 2 fully saturated rings. The summed E-state index contributed by atoms with van der Waals surface area (Å²) in [6.45, 7) is 0.679. The van der Waals surface area contributed by atoms with E-state index in [9.17, 15) is 5.11 Å². The number of ether oxygens (including phenoxy) is 3. The molecule has 0 saturated carbocycles. The molecule has 2 aliphatic rings. The molecule has 0 amide bonds. The Morgan fingerprint density at radius 1 is 1.75 bits per heavy atom. The van der Waals surface area contributed by atoms with Crippen molar-refractivity contribution in [2.75, 3.05) is 20.3 Å². The van der Waals surface area contributed by atoms with Crippen LogP contribution in [0.25, 0.3) is 0 Å². The van der Waals surface area contributed by atoms with Crippen molar-refractivity contribution in [2.45, 2.75) is 23.8 Å². The van der Waals surface area contributed by atoms with Gasteiger partial charge in [-0.3, -0.25) is 0 Å². The van der Waals surface area contributed by atoms with E-state index in [0.717, 1.165) is 0 Å². The van der Waals surface area contributed by atoms with E-state index in [1.165, 1.54) is 0 Å². The average molecular weight is 170 g/mol. The standard InChI is InChI=1S/C7H11BO4/c1-10-2-7-3-11-4(5(7)9)6(8)12-7/h4-6,9H,2-3H2,1H3/t4?,5-,6-,7+/m1/s1. The first-order valence-electron chi connectivity index (χ1n) is 3.92. The number of aliphatic hydroxyl groups is 1. The number of hydrogen-bond donors (Lipinski definition) is 1. The van der Waals surface area contributed by atoms with Gasteiger partial charge in [-0.1, -0.05) is 0 Å². The lowest BCUT2D eigenvalue weighted by Crippen LogP contribution is -2.45. The summed E-state index contributed by atoms with van der Waals surface area (Å²) < 4.78 is 15.6. The SMILES string of the molecule is [B][C@@H]1O[C@@]2(COC)COC1[C@H]2O. The molecule has 2 radical (unpaired) electrons. The molecule has 5 heteroatoms. The highest BCUT2D eigenvalue weighted by atomic mass is 16.6. The molecule has 1 N–H and O–H groups in total. The molecular weight excluding hydrogens is 159 g/mol. The van der Waals surface area contributed by atoms with Crippen molar-refractivity contribution >= 4 is 7.85 Å². The summed E-state index contributed by atoms with van der Waals surface area (Å²) in [6.07, 6.45) is -1.05. The molecule has 0 aliphatic carbocycles. The van der Waals surface area contributed by atoms with E-state index >= 15 is 0 Å². The average Bonchev–Trinajstić information content (AvgIpc) is 2.41. The minimum Gasteiger partial charge on any atom is -0.387 e. The summed E-state index contributed by atoms with van der Waals surface area (Å²) in [7, 11) is 7.12. The highest BCUT2D eigenvalue weighted by Crippen LogP contribution is 2.38. The Labute approximate surface area is 72.2 Å². The second kappa shape index (κ2) is 2.70. The zero-order chi connectivity index (χ0) is 8.77. The number of methoxy groups -OCH3 is 1. The van der Waals surface area contributed by atoms with Gasteiger partial charge in [0.1, 0.15) is 25.7 Å². The van der Waals surface area contributed by atoms with Gasteiger partial charge in [0.15, 0.2) is 0 Å². The van der Waals surface area contributed by atoms with Crippen molar-refractivity contribution in [3.63, 3.8) is 0 Å². The molecule has 0 aromatic carbocycles. The minimum atomic E-state index is -0.723. The Hall–Kier alpha value is -0.0951. The highest BCUT2D eigenvalue weighted by molar-refractivity contribution is 6.11. The summed E-state index contributed by atoms with van der Waals surface area (Å²) >= 11 is 0. The van der Waals surface area contributed by atoms with E-state index in [1.54, 1.807) is 7.11 Å². The van der Waals surface area contributed by atoms with Crippen LogP contribution in [0.4, 0.5) is 0 Å². The monoisotopic (exact) mass is 170 g/mol. The maximum absolute atomic E-state index is 9.67. The Morgan fingerprint density at radius 2 is 2.50 bits per heavy atom. The van der Waals surface area contributed by atoms with Gasteiger partial charge in [-0.25, -0.2) is 0 Å². The maximum atomic E-state index is 9.67. The second-order valence-electron chi connectivity index (χ2n) is 3.30. The van der Waals surface area contributed by atoms with Crippen LogP contribution in [0.3, 0.4) is 0 Å². The van der Waals surface area contributed by atoms with Gasteiger partial charge in [-0.2, -0.15) is 0 Å². The summed E-state index contributed by atoms with van der Waals surface area (Å²) in [5, 5.41) is 9.67. The van der Waals surface area contributed by atoms with Crippen LogP contribution >= 0.6 is 0 Å². The maximum Gasteiger partial charge on any atom is 0.142 e. The van der Waals surface area contributed by atoms with Gasteiger partial charge in [-0.05, 0) is 0 Å². The van der Waals surface area contributed by atoms with Gasteiger partial charge >= 0.3 is 0 Å². The lowest BCUT2D eigenvalue weighted by molar-refractivity contribution is -0.142. The third-order valence-corrected chi connectivity index (χ3v) is 2.45. The lowest BCUT2D eigenvalue weighted by Gasteiger charge is -2.28. The quantitative estimate of drug-likeness (QED) is 0.521. The molecule has 1 unspecified atom stereocenters. The van der Waals surface area contributed by atoms with Crippen molar-refractivity contribution in [3.05, 3.63) is 0 Å². The Bertz CT molecular complexity index is 188. The molecule has 2 rings (SSSR count). The van der Waals surface area contributed by atoms with Crippen LogP contribution in [0.5, 0.6) is 0 Å². The smallest absolute Gasteiger partial charge is 0.142 e. The van der Waals surface area contributed by atoms with Crippen molar-refractivity contribution in [1.29, 1.82) is 0 Å². The predicted molar refractivity (Wildman–Crippen MR) is 41.0 cm³/mol. The van der Waals surface area contributed by atoms with Gasteiger partial charge < -0.3 is 19.3 Å². The van der Waals surface area contributed by atoms with E-state index in [2.05, 4.69) is 0 Å². The molecule has 0 aromatic rings. The molecular formula is C7H11BO4. The van der Waals surface area contributed by atoms with E-state index in [0.29, 0.717) is 13.2 Å². The molecule has 0 spiro atoms. The Balaban J connectivity index is 2.15. The molecule has 2 aliphatic heterocycles. The van der Waals surface area contributed by atoms with Gasteiger partial charge in [0, 0.05) is 13.1 Å². The van der Waals surface area contributed by atoms with E-state index in [1.807, 2.05) is 0 Å². The third kappa shape index (κ3) is 0.940. The fraction of sp³-hybridized carbons (Fsp3) is 1.00. The van der Waals surface area contributed by atoms with Crippen LogP contribution in [0.2, 0.25) is 0 Å². The van der Waals surface area contributed by atoms with Crippen molar-refractivity contribution in [2.24, 2.45) is 0 Å². The molecule has 12 heavy (non-hydrogen) atoms. The van der Waals surface area contributed by atoms with Gasteiger partial charge in [-0.15, -0.1) is 0 Å². The minimum absolute atomic E-state index is 0.318. The van der Waals surface area contributed by atoms with Crippen molar-refractivity contribution in [3.8, 4) is 0 Å². The van der Waals surface area contributed by atoms with Crippen LogP contribution in [-0.2, 0) is 14.2 Å². The van der Waals surface area contributed by atoms with E-state index in [4.69, 9.17) is 22.1 Å². The molecule has 2 bridgehead atoms. The van der Waals surface area contributed by atoms with Crippen LogP contribution in [0.1, 0.15) is 0 Å². The third-order valence-electron chi connectivity index (χ3n) is 2.45. The van der Waals surface area contributed by atoms with Crippen molar-refractivity contribution < 1.29 is 19.3 Å². The zero-order valence-corrected chi connectivity index (χ0v) is 6.90. The van der Waals surface area contributed by atoms with Gasteiger partial charge in [0.2, 0.25) is 0 Å².